The first-order chi connectivity index (χ1) is 8.08. The van der Waals surface area contributed by atoms with Gasteiger partial charge in [-0.15, -0.1) is 0 Å². The Hall–Kier alpha value is -2.04. The first kappa shape index (κ1) is 11.4. The normalized spacial score (nSPS) is 14.6. The lowest BCUT2D eigenvalue weighted by Crippen LogP contribution is -2.42. The summed E-state index contributed by atoms with van der Waals surface area (Å²) in [5.41, 5.74) is 7.85. The van der Waals surface area contributed by atoms with Crippen molar-refractivity contribution in [3.05, 3.63) is 29.3 Å². The van der Waals surface area contributed by atoms with Gasteiger partial charge in [0.15, 0.2) is 0 Å². The fraction of sp³-hybridized carbons (Fsp3) is 0.333. The molecule has 2 rings (SSSR count). The minimum absolute atomic E-state index is 0.272. The summed E-state index contributed by atoms with van der Waals surface area (Å²) in [5.74, 6) is -0.813. The van der Waals surface area contributed by atoms with Gasteiger partial charge in [-0.2, -0.15) is 0 Å². The van der Waals surface area contributed by atoms with Gasteiger partial charge in [-0.25, -0.2) is 0 Å². The molecule has 1 aliphatic heterocycles. The van der Waals surface area contributed by atoms with Gasteiger partial charge in [0.1, 0.15) is 6.04 Å². The number of hydrogen-bond donors (Lipinski definition) is 3. The molecule has 1 heterocycles. The molecule has 5 nitrogen and oxygen atoms in total. The van der Waals surface area contributed by atoms with Crippen LogP contribution in [0.3, 0.4) is 0 Å². The maximum absolute atomic E-state index is 11.8. The molecule has 1 atom stereocenters. The van der Waals surface area contributed by atoms with Gasteiger partial charge < -0.3 is 16.4 Å². The molecule has 0 saturated heterocycles. The highest BCUT2D eigenvalue weighted by molar-refractivity contribution is 5.97. The number of nitrogens with one attached hydrogen (secondary N) is 2. The van der Waals surface area contributed by atoms with Crippen molar-refractivity contribution in [3.63, 3.8) is 0 Å². The van der Waals surface area contributed by atoms with Gasteiger partial charge in [0.05, 0.1) is 0 Å². The molecule has 0 spiro atoms. The van der Waals surface area contributed by atoms with Crippen LogP contribution in [0.1, 0.15) is 22.8 Å². The van der Waals surface area contributed by atoms with Gasteiger partial charge >= 0.3 is 0 Å². The van der Waals surface area contributed by atoms with Crippen LogP contribution < -0.4 is 16.4 Å². The Kier molecular flexibility index (Phi) is 2.99. The maximum atomic E-state index is 11.8. The van der Waals surface area contributed by atoms with Gasteiger partial charge in [0.25, 0.3) is 5.91 Å². The van der Waals surface area contributed by atoms with E-state index in [9.17, 15) is 9.59 Å². The highest BCUT2D eigenvalue weighted by Gasteiger charge is 2.16. The minimum atomic E-state index is -0.658. The third-order valence-electron chi connectivity index (χ3n) is 2.85. The Bertz CT molecular complexity index is 471. The molecule has 1 aliphatic rings. The van der Waals surface area contributed by atoms with Crippen LogP contribution in [-0.4, -0.2) is 24.4 Å². The van der Waals surface area contributed by atoms with E-state index < -0.39 is 11.9 Å². The summed E-state index contributed by atoms with van der Waals surface area (Å²) < 4.78 is 0. The molecule has 0 radical (unpaired) electrons. The SMILES string of the molecule is C[C@H](NC(=O)c1ccc2c(c1)CCN2)C(N)=O. The zero-order chi connectivity index (χ0) is 12.4. The van der Waals surface area contributed by atoms with E-state index in [1.165, 1.54) is 0 Å². The fourth-order valence-corrected chi connectivity index (χ4v) is 1.80. The molecule has 4 N–H and O–H groups in total. The number of nitrogens with two attached hydrogens (primary N) is 1. The van der Waals surface area contributed by atoms with Crippen LogP contribution in [0.2, 0.25) is 0 Å². The summed E-state index contributed by atoms with van der Waals surface area (Å²) in [6.45, 7) is 2.47. The summed E-state index contributed by atoms with van der Waals surface area (Å²) in [6.07, 6.45) is 0.918. The van der Waals surface area contributed by atoms with Crippen molar-refractivity contribution < 1.29 is 9.59 Å². The van der Waals surface area contributed by atoms with Gasteiger partial charge in [-0.1, -0.05) is 0 Å². The number of benzene rings is 1. The molecule has 0 aliphatic carbocycles. The second-order valence-electron chi connectivity index (χ2n) is 4.15. The molecular formula is C12H15N3O2. The number of hydrogen-bond acceptors (Lipinski definition) is 3. The van der Waals surface area contributed by atoms with E-state index in [1.54, 1.807) is 13.0 Å². The average Bonchev–Trinajstić information content (AvgIpc) is 2.75. The van der Waals surface area contributed by atoms with Crippen molar-refractivity contribution in [2.24, 2.45) is 5.73 Å². The molecule has 0 bridgehead atoms. The molecule has 2 amide bonds. The maximum Gasteiger partial charge on any atom is 0.251 e. The lowest BCUT2D eigenvalue weighted by Gasteiger charge is -2.10. The number of carbonyl (C=O) groups excluding carboxylic acids is 2. The summed E-state index contributed by atoms with van der Waals surface area (Å²) in [6, 6.07) is 4.80. The van der Waals surface area contributed by atoms with Crippen LogP contribution >= 0.6 is 0 Å². The van der Waals surface area contributed by atoms with Crippen LogP contribution in [0, 0.1) is 0 Å². The van der Waals surface area contributed by atoms with E-state index in [0.717, 1.165) is 24.2 Å². The molecule has 1 aromatic rings. The molecule has 90 valence electrons. The molecule has 5 heteroatoms. The summed E-state index contributed by atoms with van der Waals surface area (Å²) >= 11 is 0. The number of amides is 2. The lowest BCUT2D eigenvalue weighted by atomic mass is 10.1. The first-order valence-electron chi connectivity index (χ1n) is 5.55. The van der Waals surface area contributed by atoms with E-state index >= 15 is 0 Å². The van der Waals surface area contributed by atoms with E-state index in [-0.39, 0.29) is 5.91 Å². The predicted octanol–water partition coefficient (Wildman–Crippen LogP) is 0.258. The molecule has 0 saturated carbocycles. The molecule has 0 unspecified atom stereocenters. The topological polar surface area (TPSA) is 84.2 Å². The smallest absolute Gasteiger partial charge is 0.251 e. The summed E-state index contributed by atoms with van der Waals surface area (Å²) in [5, 5.41) is 5.77. The van der Waals surface area contributed by atoms with Crippen molar-refractivity contribution in [1.82, 2.24) is 5.32 Å². The Balaban J connectivity index is 2.12. The Labute approximate surface area is 99.4 Å². The summed E-state index contributed by atoms with van der Waals surface area (Å²) in [4.78, 5) is 22.7. The number of rotatable bonds is 3. The largest absolute Gasteiger partial charge is 0.384 e. The van der Waals surface area contributed by atoms with Gasteiger partial charge in [-0.05, 0) is 37.1 Å². The number of carbonyl (C=O) groups is 2. The first-order valence-corrected chi connectivity index (χ1v) is 5.55. The van der Waals surface area contributed by atoms with Crippen molar-refractivity contribution in [2.75, 3.05) is 11.9 Å². The molecule has 0 aromatic heterocycles. The monoisotopic (exact) mass is 233 g/mol. The number of fused-ring (bicyclic) bond motifs is 1. The van der Waals surface area contributed by atoms with E-state index in [4.69, 9.17) is 5.73 Å². The Morgan fingerprint density at radius 3 is 2.94 bits per heavy atom. The van der Waals surface area contributed by atoms with Crippen LogP contribution in [0.4, 0.5) is 5.69 Å². The lowest BCUT2D eigenvalue weighted by molar-refractivity contribution is -0.119. The van der Waals surface area contributed by atoms with Crippen LogP contribution in [0.15, 0.2) is 18.2 Å². The standard InChI is InChI=1S/C12H15N3O2/c1-7(11(13)16)15-12(17)9-2-3-10-8(6-9)4-5-14-10/h2-3,6-7,14H,4-5H2,1H3,(H2,13,16)(H,15,17)/t7-/m0/s1. The highest BCUT2D eigenvalue weighted by atomic mass is 16.2. The van der Waals surface area contributed by atoms with E-state index in [0.29, 0.717) is 5.56 Å². The zero-order valence-electron chi connectivity index (χ0n) is 9.62. The van der Waals surface area contributed by atoms with Gasteiger partial charge in [0, 0.05) is 17.8 Å². The zero-order valence-corrected chi connectivity index (χ0v) is 9.62. The predicted molar refractivity (Wildman–Crippen MR) is 64.8 cm³/mol. The van der Waals surface area contributed by atoms with Crippen LogP contribution in [-0.2, 0) is 11.2 Å². The van der Waals surface area contributed by atoms with E-state index in [1.807, 2.05) is 12.1 Å². The van der Waals surface area contributed by atoms with Crippen molar-refractivity contribution in [1.29, 1.82) is 0 Å². The van der Waals surface area contributed by atoms with E-state index in [2.05, 4.69) is 10.6 Å². The quantitative estimate of drug-likeness (QED) is 0.700. The Morgan fingerprint density at radius 1 is 1.47 bits per heavy atom. The summed E-state index contributed by atoms with van der Waals surface area (Å²) in [7, 11) is 0. The second-order valence-corrected chi connectivity index (χ2v) is 4.15. The van der Waals surface area contributed by atoms with Gasteiger partial charge in [0.2, 0.25) is 5.91 Å². The minimum Gasteiger partial charge on any atom is -0.384 e. The second kappa shape index (κ2) is 4.45. The highest BCUT2D eigenvalue weighted by Crippen LogP contribution is 2.22. The molecule has 17 heavy (non-hydrogen) atoms. The fourth-order valence-electron chi connectivity index (χ4n) is 1.80. The number of primary amides is 1. The van der Waals surface area contributed by atoms with Crippen LogP contribution in [0.25, 0.3) is 0 Å². The molecule has 0 fully saturated rings. The van der Waals surface area contributed by atoms with Crippen molar-refractivity contribution in [3.8, 4) is 0 Å². The number of anilines is 1. The molecular weight excluding hydrogens is 218 g/mol. The van der Waals surface area contributed by atoms with Crippen LogP contribution in [0.5, 0.6) is 0 Å². The van der Waals surface area contributed by atoms with Crippen molar-refractivity contribution >= 4 is 17.5 Å². The third kappa shape index (κ3) is 2.38. The van der Waals surface area contributed by atoms with Crippen molar-refractivity contribution in [2.45, 2.75) is 19.4 Å². The Morgan fingerprint density at radius 2 is 2.24 bits per heavy atom. The average molecular weight is 233 g/mol. The third-order valence-corrected chi connectivity index (χ3v) is 2.85. The van der Waals surface area contributed by atoms with Gasteiger partial charge in [-0.3, -0.25) is 9.59 Å². The molecule has 1 aromatic carbocycles.